The smallest absolute Gasteiger partial charge is 1.00 e. The molecule has 68 valence electrons. The van der Waals surface area contributed by atoms with E-state index in [2.05, 4.69) is 6.07 Å². The Labute approximate surface area is 102 Å². The summed E-state index contributed by atoms with van der Waals surface area (Å²) in [4.78, 5) is 0. The van der Waals surface area contributed by atoms with Crippen LogP contribution in [0.1, 0.15) is 20.8 Å². The van der Waals surface area contributed by atoms with Gasteiger partial charge in [0.25, 0.3) is 0 Å². The van der Waals surface area contributed by atoms with Gasteiger partial charge < -0.3 is 17.1 Å². The van der Waals surface area contributed by atoms with Gasteiger partial charge in [-0.05, 0) is 20.8 Å². The third-order valence-electron chi connectivity index (χ3n) is 1.10. The van der Waals surface area contributed by atoms with Gasteiger partial charge in [0.15, 0.2) is 0 Å². The van der Waals surface area contributed by atoms with Crippen LogP contribution in [0, 0.1) is 6.07 Å². The maximum atomic E-state index is 5.55. The van der Waals surface area contributed by atoms with Gasteiger partial charge in [-0.25, -0.2) is 0 Å². The second kappa shape index (κ2) is 6.52. The van der Waals surface area contributed by atoms with Crippen molar-refractivity contribution >= 4 is 23.1 Å². The van der Waals surface area contributed by atoms with Crippen LogP contribution in [0.2, 0.25) is 0 Å². The van der Waals surface area contributed by atoms with E-state index in [0.29, 0.717) is 0 Å². The number of para-hydroxylation sites is 1. The van der Waals surface area contributed by atoms with E-state index in [-0.39, 0.29) is 41.1 Å². The van der Waals surface area contributed by atoms with E-state index in [1.165, 1.54) is 0 Å². The molecule has 0 aliphatic carbocycles. The Kier molecular flexibility index (Phi) is 7.79. The van der Waals surface area contributed by atoms with Crippen molar-refractivity contribution in [1.29, 1.82) is 0 Å². The predicted molar refractivity (Wildman–Crippen MR) is 51.4 cm³/mol. The van der Waals surface area contributed by atoms with Gasteiger partial charge in [-0.2, -0.15) is 18.2 Å². The minimum atomic E-state index is -0.127. The van der Waals surface area contributed by atoms with Crippen LogP contribution in [0.4, 0.5) is 0 Å². The second-order valence-corrected chi connectivity index (χ2v) is 3.44. The zero-order valence-electron chi connectivity index (χ0n) is 8.30. The zero-order chi connectivity index (χ0) is 8.32. The van der Waals surface area contributed by atoms with Crippen LogP contribution in [0.5, 0.6) is 5.75 Å². The standard InChI is InChI=1S/C10H13O.ClH.Mg/c1-10(2,3)11-9-7-5-4-6-8-9;;/h4-7H,1-3H3;1H;/q-1;;+2/p-1. The number of hydrogen-bond acceptors (Lipinski definition) is 1. The maximum Gasteiger partial charge on any atom is 2.00 e. The SMILES string of the molecule is CC(C)(C)Oc1[c-]cccc1.[Cl-].[Mg+2]. The molecule has 0 spiro atoms. The summed E-state index contributed by atoms with van der Waals surface area (Å²) < 4.78 is 5.55. The molecule has 0 aliphatic rings. The molecule has 0 heterocycles. The number of benzene rings is 1. The van der Waals surface area contributed by atoms with Gasteiger partial charge in [0.05, 0.1) is 5.60 Å². The fourth-order valence-corrected chi connectivity index (χ4v) is 0.770. The third-order valence-corrected chi connectivity index (χ3v) is 1.10. The molecule has 1 rings (SSSR count). The summed E-state index contributed by atoms with van der Waals surface area (Å²) in [6.45, 7) is 6.06. The summed E-state index contributed by atoms with van der Waals surface area (Å²) in [6, 6.07) is 10.6. The maximum absolute atomic E-state index is 5.55. The Morgan fingerprint density at radius 1 is 1.23 bits per heavy atom. The van der Waals surface area contributed by atoms with E-state index >= 15 is 0 Å². The molecule has 0 saturated carbocycles. The molecular formula is C10H13ClMgO. The molecule has 1 aromatic rings. The summed E-state index contributed by atoms with van der Waals surface area (Å²) in [7, 11) is 0. The van der Waals surface area contributed by atoms with E-state index in [1.54, 1.807) is 0 Å². The molecule has 0 atom stereocenters. The Morgan fingerprint density at radius 3 is 2.23 bits per heavy atom. The Balaban J connectivity index is 0. The van der Waals surface area contributed by atoms with Crippen LogP contribution < -0.4 is 17.1 Å². The van der Waals surface area contributed by atoms with Crippen molar-refractivity contribution < 1.29 is 17.1 Å². The third kappa shape index (κ3) is 7.17. The fraction of sp³-hybridized carbons (Fsp3) is 0.400. The molecule has 1 aromatic carbocycles. The molecule has 0 unspecified atom stereocenters. The van der Waals surface area contributed by atoms with Crippen LogP contribution in [0.15, 0.2) is 24.3 Å². The van der Waals surface area contributed by atoms with Crippen LogP contribution in [0.25, 0.3) is 0 Å². The summed E-state index contributed by atoms with van der Waals surface area (Å²) in [5.41, 5.74) is -0.127. The molecule has 0 N–H and O–H groups in total. The van der Waals surface area contributed by atoms with Gasteiger partial charge in [0.2, 0.25) is 0 Å². The molecule has 3 heteroatoms. The van der Waals surface area contributed by atoms with Gasteiger partial charge >= 0.3 is 23.1 Å². The Hall–Kier alpha value is 0.0762. The quantitative estimate of drug-likeness (QED) is 0.438. The average molecular weight is 209 g/mol. The second-order valence-electron chi connectivity index (χ2n) is 3.44. The van der Waals surface area contributed by atoms with Crippen molar-refractivity contribution in [3.05, 3.63) is 30.3 Å². The van der Waals surface area contributed by atoms with E-state index in [0.717, 1.165) is 5.75 Å². The van der Waals surface area contributed by atoms with Crippen molar-refractivity contribution in [3.63, 3.8) is 0 Å². The molecule has 0 bridgehead atoms. The van der Waals surface area contributed by atoms with Gasteiger partial charge in [-0.3, -0.25) is 0 Å². The molecule has 0 fully saturated rings. The minimum Gasteiger partial charge on any atom is -1.00 e. The van der Waals surface area contributed by atoms with E-state index in [1.807, 2.05) is 45.0 Å². The molecule has 0 radical (unpaired) electrons. The van der Waals surface area contributed by atoms with Crippen molar-refractivity contribution in [3.8, 4) is 5.75 Å². The summed E-state index contributed by atoms with van der Waals surface area (Å²) >= 11 is 0. The fourth-order valence-electron chi connectivity index (χ4n) is 0.770. The van der Waals surface area contributed by atoms with Gasteiger partial charge in [-0.15, -0.1) is 12.1 Å². The molecule has 13 heavy (non-hydrogen) atoms. The summed E-state index contributed by atoms with van der Waals surface area (Å²) in [5, 5.41) is 0. The molecule has 0 amide bonds. The zero-order valence-corrected chi connectivity index (χ0v) is 10.5. The predicted octanol–water partition coefficient (Wildman–Crippen LogP) is -0.713. The normalized spacial score (nSPS) is 9.46. The molecule has 0 saturated heterocycles. The first kappa shape index (κ1) is 15.5. The number of ether oxygens (including phenoxy) is 1. The largest absolute Gasteiger partial charge is 2.00 e. The average Bonchev–Trinajstić information content (AvgIpc) is 1.85. The van der Waals surface area contributed by atoms with Gasteiger partial charge in [0, 0.05) is 5.75 Å². The number of halogens is 1. The Morgan fingerprint density at radius 2 is 1.85 bits per heavy atom. The molecule has 0 aliphatic heterocycles. The monoisotopic (exact) mass is 208 g/mol. The number of rotatable bonds is 1. The van der Waals surface area contributed by atoms with Crippen LogP contribution in [0.3, 0.4) is 0 Å². The first-order valence-electron chi connectivity index (χ1n) is 3.74. The first-order chi connectivity index (χ1) is 5.08. The van der Waals surface area contributed by atoms with Crippen molar-refractivity contribution in [2.24, 2.45) is 0 Å². The van der Waals surface area contributed by atoms with E-state index in [9.17, 15) is 0 Å². The molecule has 0 aromatic heterocycles. The van der Waals surface area contributed by atoms with E-state index < -0.39 is 0 Å². The van der Waals surface area contributed by atoms with Crippen LogP contribution >= 0.6 is 0 Å². The van der Waals surface area contributed by atoms with Gasteiger partial charge in [0.1, 0.15) is 0 Å². The van der Waals surface area contributed by atoms with Crippen molar-refractivity contribution in [2.75, 3.05) is 0 Å². The minimum absolute atomic E-state index is 0. The van der Waals surface area contributed by atoms with Crippen molar-refractivity contribution in [1.82, 2.24) is 0 Å². The topological polar surface area (TPSA) is 9.23 Å². The summed E-state index contributed by atoms with van der Waals surface area (Å²) in [6.07, 6.45) is 0. The number of hydrogen-bond donors (Lipinski definition) is 0. The molecule has 1 nitrogen and oxygen atoms in total. The Bertz CT molecular complexity index is 218. The van der Waals surface area contributed by atoms with Crippen LogP contribution in [-0.4, -0.2) is 28.7 Å². The van der Waals surface area contributed by atoms with E-state index in [4.69, 9.17) is 4.74 Å². The van der Waals surface area contributed by atoms with Crippen molar-refractivity contribution in [2.45, 2.75) is 26.4 Å². The first-order valence-corrected chi connectivity index (χ1v) is 3.74. The summed E-state index contributed by atoms with van der Waals surface area (Å²) in [5.74, 6) is 0.806. The molecular weight excluding hydrogens is 196 g/mol. The van der Waals surface area contributed by atoms with Crippen LogP contribution in [-0.2, 0) is 0 Å². The van der Waals surface area contributed by atoms with Gasteiger partial charge in [-0.1, -0.05) is 0 Å².